The van der Waals surface area contributed by atoms with Gasteiger partial charge in [-0.1, -0.05) is 54.1 Å². The summed E-state index contributed by atoms with van der Waals surface area (Å²) in [6.07, 6.45) is 5.22. The Bertz CT molecular complexity index is 1810. The fourth-order valence-electron chi connectivity index (χ4n) is 5.00. The van der Waals surface area contributed by atoms with Crippen molar-refractivity contribution in [2.75, 3.05) is 12.4 Å². The molecule has 0 saturated carbocycles. The number of nitrogens with one attached hydrogen (secondary N) is 1. The summed E-state index contributed by atoms with van der Waals surface area (Å²) in [5.41, 5.74) is 7.89. The number of aromatic nitrogens is 2. The van der Waals surface area contributed by atoms with Gasteiger partial charge in [0.05, 0.1) is 29.9 Å². The molecule has 5 aromatic rings. The van der Waals surface area contributed by atoms with E-state index in [0.717, 1.165) is 33.5 Å². The summed E-state index contributed by atoms with van der Waals surface area (Å²) >= 11 is 6.68. The molecule has 41 heavy (non-hydrogen) atoms. The average molecular weight is 562 g/mol. The largest absolute Gasteiger partial charge is 0.496 e. The van der Waals surface area contributed by atoms with Gasteiger partial charge in [-0.15, -0.1) is 0 Å². The number of methoxy groups -OCH3 is 1. The normalized spacial score (nSPS) is 13.2. The highest BCUT2D eigenvalue weighted by atomic mass is 35.5. The van der Waals surface area contributed by atoms with Crippen molar-refractivity contribution in [3.8, 4) is 33.7 Å². The Morgan fingerprint density at radius 2 is 1.68 bits per heavy atom. The van der Waals surface area contributed by atoms with E-state index in [9.17, 15) is 14.7 Å². The van der Waals surface area contributed by atoms with E-state index >= 15 is 0 Å². The number of amides is 1. The number of halogens is 1. The van der Waals surface area contributed by atoms with Gasteiger partial charge in [0.15, 0.2) is 0 Å². The van der Waals surface area contributed by atoms with Gasteiger partial charge >= 0.3 is 5.97 Å². The van der Waals surface area contributed by atoms with E-state index in [2.05, 4.69) is 22.5 Å². The topological polar surface area (TPSA) is 93.5 Å². The number of hydrogen-bond acceptors (Lipinski definition) is 4. The van der Waals surface area contributed by atoms with E-state index < -0.39 is 5.97 Å². The molecule has 0 bridgehead atoms. The number of aliphatic carboxylic acids is 1. The Balaban J connectivity index is 1.31. The van der Waals surface area contributed by atoms with Gasteiger partial charge < -0.3 is 15.2 Å². The predicted octanol–water partition coefficient (Wildman–Crippen LogP) is 6.99. The van der Waals surface area contributed by atoms with Crippen molar-refractivity contribution in [2.45, 2.75) is 6.42 Å². The summed E-state index contributed by atoms with van der Waals surface area (Å²) in [5, 5.41) is 17.0. The zero-order chi connectivity index (χ0) is 28.5. The molecule has 0 atom stereocenters. The number of anilines is 1. The first-order chi connectivity index (χ1) is 19.9. The number of fused-ring (bicyclic) bond motifs is 1. The van der Waals surface area contributed by atoms with Crippen LogP contribution in [0.4, 0.5) is 5.69 Å². The minimum atomic E-state index is -0.964. The van der Waals surface area contributed by atoms with Crippen molar-refractivity contribution >= 4 is 40.8 Å². The number of carboxylic acid groups (broad SMARTS) is 1. The van der Waals surface area contributed by atoms with E-state index in [1.54, 1.807) is 36.5 Å². The van der Waals surface area contributed by atoms with Crippen LogP contribution in [-0.2, 0) is 16.0 Å². The zero-order valence-electron chi connectivity index (χ0n) is 22.0. The predicted molar refractivity (Wildman–Crippen MR) is 160 cm³/mol. The summed E-state index contributed by atoms with van der Waals surface area (Å²) in [7, 11) is 1.50. The van der Waals surface area contributed by atoms with E-state index in [0.29, 0.717) is 33.2 Å². The Labute approximate surface area is 241 Å². The van der Waals surface area contributed by atoms with Crippen LogP contribution in [0.5, 0.6) is 5.75 Å². The van der Waals surface area contributed by atoms with Gasteiger partial charge in [0.25, 0.3) is 5.91 Å². The molecule has 7 nitrogen and oxygen atoms in total. The summed E-state index contributed by atoms with van der Waals surface area (Å²) in [6, 6.07) is 27.1. The Morgan fingerprint density at radius 1 is 0.976 bits per heavy atom. The lowest BCUT2D eigenvalue weighted by molar-refractivity contribution is -0.136. The van der Waals surface area contributed by atoms with Crippen LogP contribution in [0.1, 0.15) is 16.7 Å². The number of carbonyl (C=O) groups excluding carboxylic acids is 1. The standard InChI is InChI=1S/C33H24ClN3O4/c1-41-31-12-3-20(15-24(31)17-32(38)39)16-28-27-18-26(29(34)19-30(27)36-33(28)40)23-6-4-21(5-7-23)22-8-10-25(11-9-22)37-14-2-13-35-37/h2-16,18-19H,17H2,1H3,(H,36,40)(H,38,39)/b28-16-. The summed E-state index contributed by atoms with van der Waals surface area (Å²) in [5.74, 6) is -0.733. The number of carboxylic acids is 1. The second-order valence-electron chi connectivity index (χ2n) is 9.61. The number of hydrogen-bond donors (Lipinski definition) is 2. The van der Waals surface area contributed by atoms with Crippen LogP contribution in [0.2, 0.25) is 5.02 Å². The van der Waals surface area contributed by atoms with Crippen LogP contribution < -0.4 is 10.1 Å². The van der Waals surface area contributed by atoms with Gasteiger partial charge in [-0.2, -0.15) is 5.10 Å². The lowest BCUT2D eigenvalue weighted by atomic mass is 9.96. The molecule has 0 radical (unpaired) electrons. The van der Waals surface area contributed by atoms with Gasteiger partial charge in [0.1, 0.15) is 5.75 Å². The molecule has 1 amide bonds. The number of benzene rings is 4. The molecule has 0 fully saturated rings. The lowest BCUT2D eigenvalue weighted by Gasteiger charge is -2.10. The maximum Gasteiger partial charge on any atom is 0.307 e. The third kappa shape index (κ3) is 5.23. The number of carbonyl (C=O) groups is 2. The van der Waals surface area contributed by atoms with Gasteiger partial charge in [0.2, 0.25) is 0 Å². The molecule has 1 aromatic heterocycles. The maximum atomic E-state index is 12.9. The van der Waals surface area contributed by atoms with E-state index in [4.69, 9.17) is 16.3 Å². The van der Waals surface area contributed by atoms with Crippen molar-refractivity contribution in [3.63, 3.8) is 0 Å². The minimum absolute atomic E-state index is 0.187. The molecule has 0 aliphatic carbocycles. The van der Waals surface area contributed by atoms with E-state index in [-0.39, 0.29) is 12.3 Å². The van der Waals surface area contributed by atoms with Crippen molar-refractivity contribution in [2.24, 2.45) is 0 Å². The van der Waals surface area contributed by atoms with Crippen LogP contribution in [0.25, 0.3) is 39.6 Å². The van der Waals surface area contributed by atoms with Crippen LogP contribution >= 0.6 is 11.6 Å². The Morgan fingerprint density at radius 3 is 2.34 bits per heavy atom. The van der Waals surface area contributed by atoms with Crippen molar-refractivity contribution in [1.29, 1.82) is 0 Å². The van der Waals surface area contributed by atoms with Crippen molar-refractivity contribution < 1.29 is 19.4 Å². The first-order valence-electron chi connectivity index (χ1n) is 12.9. The second-order valence-corrected chi connectivity index (χ2v) is 10.0. The first kappa shape index (κ1) is 26.1. The third-order valence-electron chi connectivity index (χ3n) is 7.01. The van der Waals surface area contributed by atoms with Gasteiger partial charge in [-0.05, 0) is 70.8 Å². The molecule has 2 heterocycles. The molecule has 202 valence electrons. The molecule has 8 heteroatoms. The van der Waals surface area contributed by atoms with Crippen LogP contribution in [0, 0.1) is 0 Å². The molecule has 1 aliphatic rings. The number of ether oxygens (including phenoxy) is 1. The van der Waals surface area contributed by atoms with Crippen molar-refractivity contribution in [3.05, 3.63) is 119 Å². The third-order valence-corrected chi connectivity index (χ3v) is 7.33. The quantitative estimate of drug-likeness (QED) is 0.209. The van der Waals surface area contributed by atoms with E-state index in [1.807, 2.05) is 59.4 Å². The smallest absolute Gasteiger partial charge is 0.307 e. The number of rotatable bonds is 7. The Hall–Kier alpha value is -5.14. The molecule has 0 saturated heterocycles. The summed E-state index contributed by atoms with van der Waals surface area (Å²) < 4.78 is 7.12. The molecule has 0 unspecified atom stereocenters. The maximum absolute atomic E-state index is 12.9. The van der Waals surface area contributed by atoms with Crippen molar-refractivity contribution in [1.82, 2.24) is 9.78 Å². The highest BCUT2D eigenvalue weighted by Gasteiger charge is 2.26. The fourth-order valence-corrected chi connectivity index (χ4v) is 5.28. The molecule has 1 aliphatic heterocycles. The van der Waals surface area contributed by atoms with Crippen LogP contribution in [0.15, 0.2) is 97.3 Å². The monoisotopic (exact) mass is 561 g/mol. The number of nitrogens with zero attached hydrogens (tertiary/aromatic N) is 2. The minimum Gasteiger partial charge on any atom is -0.496 e. The second kappa shape index (κ2) is 10.8. The summed E-state index contributed by atoms with van der Waals surface area (Å²) in [4.78, 5) is 24.3. The fraction of sp³-hybridized carbons (Fsp3) is 0.0606. The molecule has 6 rings (SSSR count). The molecular formula is C33H24ClN3O4. The van der Waals surface area contributed by atoms with Crippen LogP contribution in [-0.4, -0.2) is 33.9 Å². The first-order valence-corrected chi connectivity index (χ1v) is 13.2. The van der Waals surface area contributed by atoms with Gasteiger partial charge in [0, 0.05) is 34.7 Å². The Kier molecular flexibility index (Phi) is 6.87. The van der Waals surface area contributed by atoms with Crippen LogP contribution in [0.3, 0.4) is 0 Å². The SMILES string of the molecule is COc1ccc(/C=C2\C(=O)Nc3cc(Cl)c(-c4ccc(-c5ccc(-n6cccn6)cc5)cc4)cc32)cc1CC(=O)O. The molecule has 2 N–H and O–H groups in total. The molecule has 0 spiro atoms. The zero-order valence-corrected chi connectivity index (χ0v) is 22.7. The summed E-state index contributed by atoms with van der Waals surface area (Å²) in [6.45, 7) is 0. The highest BCUT2D eigenvalue weighted by molar-refractivity contribution is 6.38. The molecular weight excluding hydrogens is 538 g/mol. The van der Waals surface area contributed by atoms with Gasteiger partial charge in [-0.3, -0.25) is 9.59 Å². The molecule has 4 aromatic carbocycles. The highest BCUT2D eigenvalue weighted by Crippen LogP contribution is 2.41. The lowest BCUT2D eigenvalue weighted by Crippen LogP contribution is -2.04. The average Bonchev–Trinajstić information content (AvgIpc) is 3.61. The van der Waals surface area contributed by atoms with E-state index in [1.165, 1.54) is 7.11 Å². The van der Waals surface area contributed by atoms with Gasteiger partial charge in [-0.25, -0.2) is 4.68 Å².